The maximum atomic E-state index is 8.85. The number of hydrogen-bond acceptors (Lipinski definition) is 2. The summed E-state index contributed by atoms with van der Waals surface area (Å²) in [4.78, 5) is 0. The summed E-state index contributed by atoms with van der Waals surface area (Å²) < 4.78 is 0. The van der Waals surface area contributed by atoms with Gasteiger partial charge in [0.05, 0.1) is 0 Å². The van der Waals surface area contributed by atoms with Crippen LogP contribution < -0.4 is 5.73 Å². The lowest BCUT2D eigenvalue weighted by Crippen LogP contribution is -2.37. The van der Waals surface area contributed by atoms with E-state index in [1.54, 1.807) is 0 Å². The summed E-state index contributed by atoms with van der Waals surface area (Å²) in [7, 11) is 0. The highest BCUT2D eigenvalue weighted by Crippen LogP contribution is 2.38. The van der Waals surface area contributed by atoms with Crippen LogP contribution in [0.1, 0.15) is 49.7 Å². The maximum Gasteiger partial charge on any atom is 0.0434 e. The summed E-state index contributed by atoms with van der Waals surface area (Å²) >= 11 is 0. The Balaban J connectivity index is 2.11. The van der Waals surface area contributed by atoms with Gasteiger partial charge < -0.3 is 10.8 Å². The minimum atomic E-state index is 0.230. The molecule has 2 heteroatoms. The van der Waals surface area contributed by atoms with Crippen molar-refractivity contribution in [3.05, 3.63) is 35.4 Å². The molecule has 100 valence electrons. The first-order chi connectivity index (χ1) is 8.80. The third-order valence-electron chi connectivity index (χ3n) is 4.39. The molecule has 3 N–H and O–H groups in total. The molecule has 0 aromatic heterocycles. The van der Waals surface area contributed by atoms with Crippen LogP contribution in [-0.2, 0) is 11.8 Å². The minimum Gasteiger partial charge on any atom is -0.396 e. The quantitative estimate of drug-likeness (QED) is 0.840. The molecule has 0 radical (unpaired) electrons. The fourth-order valence-electron chi connectivity index (χ4n) is 3.15. The van der Waals surface area contributed by atoms with Gasteiger partial charge in [0.15, 0.2) is 0 Å². The summed E-state index contributed by atoms with van der Waals surface area (Å²) in [6, 6.07) is 8.92. The first-order valence-corrected chi connectivity index (χ1v) is 7.21. The van der Waals surface area contributed by atoms with Gasteiger partial charge in [-0.25, -0.2) is 0 Å². The molecular weight excluding hydrogens is 222 g/mol. The Morgan fingerprint density at radius 2 is 1.72 bits per heavy atom. The van der Waals surface area contributed by atoms with E-state index < -0.39 is 0 Å². The Bertz CT molecular complexity index is 352. The summed E-state index contributed by atoms with van der Waals surface area (Å²) in [5, 5.41) is 8.85. The van der Waals surface area contributed by atoms with Crippen molar-refractivity contribution >= 4 is 0 Å². The van der Waals surface area contributed by atoms with Crippen LogP contribution in [0.3, 0.4) is 0 Å². The van der Waals surface area contributed by atoms with Crippen molar-refractivity contribution in [1.29, 1.82) is 0 Å². The predicted molar refractivity (Wildman–Crippen MR) is 75.7 cm³/mol. The molecule has 0 heterocycles. The normalized spacial score (nSPS) is 18.8. The van der Waals surface area contributed by atoms with Crippen LogP contribution in [0.4, 0.5) is 0 Å². The second kappa shape index (κ2) is 6.35. The van der Waals surface area contributed by atoms with E-state index >= 15 is 0 Å². The number of nitrogens with two attached hydrogens (primary N) is 1. The lowest BCUT2D eigenvalue weighted by molar-refractivity contribution is 0.288. The molecule has 0 aliphatic heterocycles. The fourth-order valence-corrected chi connectivity index (χ4v) is 3.15. The van der Waals surface area contributed by atoms with Crippen molar-refractivity contribution in [2.75, 3.05) is 13.2 Å². The number of hydrogen-bond donors (Lipinski definition) is 2. The average molecular weight is 247 g/mol. The van der Waals surface area contributed by atoms with Gasteiger partial charge in [-0.15, -0.1) is 0 Å². The first-order valence-electron chi connectivity index (χ1n) is 7.21. The van der Waals surface area contributed by atoms with E-state index in [4.69, 9.17) is 10.8 Å². The smallest absolute Gasteiger partial charge is 0.0434 e. The zero-order valence-corrected chi connectivity index (χ0v) is 11.2. The highest BCUT2D eigenvalue weighted by Gasteiger charge is 2.32. The standard InChI is InChI=1S/C16H25NO/c17-13-16(10-2-1-3-11-16)15-8-6-14(7-9-15)5-4-12-18/h6-9,18H,1-5,10-13,17H2. The van der Waals surface area contributed by atoms with Crippen LogP contribution in [0.25, 0.3) is 0 Å². The summed E-state index contributed by atoms with van der Waals surface area (Å²) in [6.07, 6.45) is 8.26. The molecule has 0 unspecified atom stereocenters. The molecule has 1 aliphatic carbocycles. The molecule has 1 aromatic rings. The molecule has 0 amide bonds. The number of aliphatic hydroxyl groups is 1. The van der Waals surface area contributed by atoms with Gasteiger partial charge in [0.25, 0.3) is 0 Å². The van der Waals surface area contributed by atoms with Crippen LogP contribution in [0.5, 0.6) is 0 Å². The summed E-state index contributed by atoms with van der Waals surface area (Å²) in [6.45, 7) is 1.04. The van der Waals surface area contributed by atoms with E-state index in [0.29, 0.717) is 0 Å². The maximum absolute atomic E-state index is 8.85. The van der Waals surface area contributed by atoms with Crippen LogP contribution >= 0.6 is 0 Å². The van der Waals surface area contributed by atoms with Gasteiger partial charge in [0, 0.05) is 18.6 Å². The molecule has 1 aromatic carbocycles. The monoisotopic (exact) mass is 247 g/mol. The van der Waals surface area contributed by atoms with Crippen molar-refractivity contribution in [3.8, 4) is 0 Å². The number of rotatable bonds is 5. The van der Waals surface area contributed by atoms with Gasteiger partial charge in [0.2, 0.25) is 0 Å². The molecule has 0 saturated heterocycles. The van der Waals surface area contributed by atoms with Crippen molar-refractivity contribution in [2.24, 2.45) is 5.73 Å². The Morgan fingerprint density at radius 3 is 2.28 bits per heavy atom. The first kappa shape index (κ1) is 13.6. The molecule has 1 fully saturated rings. The number of aryl methyl sites for hydroxylation is 1. The molecule has 18 heavy (non-hydrogen) atoms. The third-order valence-corrected chi connectivity index (χ3v) is 4.39. The fraction of sp³-hybridized carbons (Fsp3) is 0.625. The topological polar surface area (TPSA) is 46.2 Å². The Labute approximate surface area is 110 Å². The van der Waals surface area contributed by atoms with Crippen molar-refractivity contribution in [1.82, 2.24) is 0 Å². The third kappa shape index (κ3) is 2.93. The number of benzene rings is 1. The van der Waals surface area contributed by atoms with Gasteiger partial charge >= 0.3 is 0 Å². The molecule has 2 nitrogen and oxygen atoms in total. The Kier molecular flexibility index (Phi) is 4.79. The molecule has 0 spiro atoms. The van der Waals surface area contributed by atoms with Gasteiger partial charge in [0.1, 0.15) is 0 Å². The van der Waals surface area contributed by atoms with E-state index in [9.17, 15) is 0 Å². The van der Waals surface area contributed by atoms with E-state index in [0.717, 1.165) is 19.4 Å². The zero-order chi connectivity index (χ0) is 12.8. The van der Waals surface area contributed by atoms with Crippen LogP contribution in [0.2, 0.25) is 0 Å². The largest absolute Gasteiger partial charge is 0.396 e. The second-order valence-corrected chi connectivity index (χ2v) is 5.57. The highest BCUT2D eigenvalue weighted by atomic mass is 16.2. The van der Waals surface area contributed by atoms with Gasteiger partial charge in [-0.2, -0.15) is 0 Å². The van der Waals surface area contributed by atoms with Crippen LogP contribution in [-0.4, -0.2) is 18.3 Å². The van der Waals surface area contributed by atoms with Crippen molar-refractivity contribution < 1.29 is 5.11 Å². The van der Waals surface area contributed by atoms with Crippen LogP contribution in [0, 0.1) is 0 Å². The van der Waals surface area contributed by atoms with Crippen molar-refractivity contribution in [3.63, 3.8) is 0 Å². The predicted octanol–water partition coefficient (Wildman–Crippen LogP) is 2.77. The van der Waals surface area contributed by atoms with Crippen LogP contribution in [0.15, 0.2) is 24.3 Å². The molecule has 2 rings (SSSR count). The molecule has 1 aliphatic rings. The van der Waals surface area contributed by atoms with Crippen molar-refractivity contribution in [2.45, 2.75) is 50.4 Å². The SMILES string of the molecule is NCC1(c2ccc(CCCO)cc2)CCCCC1. The molecule has 0 bridgehead atoms. The van der Waals surface area contributed by atoms with E-state index in [-0.39, 0.29) is 12.0 Å². The minimum absolute atomic E-state index is 0.230. The lowest BCUT2D eigenvalue weighted by atomic mass is 9.69. The Hall–Kier alpha value is -0.860. The average Bonchev–Trinajstić information content (AvgIpc) is 2.46. The van der Waals surface area contributed by atoms with Gasteiger partial charge in [-0.3, -0.25) is 0 Å². The molecule has 1 saturated carbocycles. The molecule has 0 atom stereocenters. The highest BCUT2D eigenvalue weighted by molar-refractivity contribution is 5.30. The Morgan fingerprint density at radius 1 is 1.06 bits per heavy atom. The van der Waals surface area contributed by atoms with Gasteiger partial charge in [-0.05, 0) is 36.8 Å². The summed E-state index contributed by atoms with van der Waals surface area (Å²) in [5.74, 6) is 0. The lowest BCUT2D eigenvalue weighted by Gasteiger charge is -2.37. The second-order valence-electron chi connectivity index (χ2n) is 5.57. The number of aliphatic hydroxyl groups excluding tert-OH is 1. The van der Waals surface area contributed by atoms with E-state index in [1.165, 1.54) is 43.2 Å². The zero-order valence-electron chi connectivity index (χ0n) is 11.2. The van der Waals surface area contributed by atoms with E-state index in [2.05, 4.69) is 24.3 Å². The van der Waals surface area contributed by atoms with Gasteiger partial charge in [-0.1, -0.05) is 43.5 Å². The van der Waals surface area contributed by atoms with E-state index in [1.807, 2.05) is 0 Å². The summed E-state index contributed by atoms with van der Waals surface area (Å²) in [5.41, 5.74) is 9.02. The molecular formula is C16H25NO.